The lowest BCUT2D eigenvalue weighted by Gasteiger charge is -2.44. The Morgan fingerprint density at radius 1 is 1.30 bits per heavy atom. The van der Waals surface area contributed by atoms with Crippen molar-refractivity contribution in [1.82, 2.24) is 10.2 Å². The van der Waals surface area contributed by atoms with Crippen molar-refractivity contribution < 1.29 is 4.74 Å². The fourth-order valence-electron chi connectivity index (χ4n) is 4.46. The van der Waals surface area contributed by atoms with Gasteiger partial charge >= 0.3 is 0 Å². The lowest BCUT2D eigenvalue weighted by Crippen LogP contribution is -2.49. The molecule has 1 saturated carbocycles. The highest BCUT2D eigenvalue weighted by atomic mass is 16.5. The summed E-state index contributed by atoms with van der Waals surface area (Å²) in [6.07, 6.45) is 7.18. The van der Waals surface area contributed by atoms with Gasteiger partial charge in [0.15, 0.2) is 0 Å². The second-order valence-electron chi connectivity index (χ2n) is 7.33. The summed E-state index contributed by atoms with van der Waals surface area (Å²) in [5.74, 6) is 0.882. The topological polar surface area (TPSA) is 24.5 Å². The van der Waals surface area contributed by atoms with Gasteiger partial charge < -0.3 is 15.0 Å². The zero-order valence-electron chi connectivity index (χ0n) is 14.0. The predicted molar refractivity (Wildman–Crippen MR) is 85.1 cm³/mol. The molecule has 3 nitrogen and oxygen atoms in total. The number of hydrogen-bond acceptors (Lipinski definition) is 3. The van der Waals surface area contributed by atoms with Crippen LogP contribution in [0.4, 0.5) is 0 Å². The van der Waals surface area contributed by atoms with Gasteiger partial charge in [0.05, 0.1) is 6.10 Å². The average molecular weight is 282 g/mol. The van der Waals surface area contributed by atoms with Crippen molar-refractivity contribution in [3.8, 4) is 0 Å². The third-order valence-electron chi connectivity index (χ3n) is 5.42. The monoisotopic (exact) mass is 282 g/mol. The predicted octanol–water partition coefficient (Wildman–Crippen LogP) is 2.90. The molecule has 4 unspecified atom stereocenters. The third kappa shape index (κ3) is 3.96. The Bertz CT molecular complexity index is 297. The maximum atomic E-state index is 5.75. The highest BCUT2D eigenvalue weighted by molar-refractivity contribution is 4.92. The van der Waals surface area contributed by atoms with Gasteiger partial charge in [-0.1, -0.05) is 26.7 Å². The molecular weight excluding hydrogens is 248 g/mol. The van der Waals surface area contributed by atoms with Crippen LogP contribution in [0, 0.1) is 11.3 Å². The molecule has 0 radical (unpaired) electrons. The van der Waals surface area contributed by atoms with E-state index in [1.54, 1.807) is 0 Å². The zero-order valence-corrected chi connectivity index (χ0v) is 14.0. The smallest absolute Gasteiger partial charge is 0.0702 e. The van der Waals surface area contributed by atoms with E-state index < -0.39 is 0 Å². The Morgan fingerprint density at radius 2 is 2.10 bits per heavy atom. The quantitative estimate of drug-likeness (QED) is 0.811. The SMILES string of the molecule is CCNCC1(CN(C)C2CCOC2C)CCCC(C)C1. The Morgan fingerprint density at radius 3 is 2.70 bits per heavy atom. The summed E-state index contributed by atoms with van der Waals surface area (Å²) in [4.78, 5) is 2.59. The number of nitrogens with zero attached hydrogens (tertiary/aromatic N) is 1. The molecule has 0 aromatic rings. The fourth-order valence-corrected chi connectivity index (χ4v) is 4.46. The fraction of sp³-hybridized carbons (Fsp3) is 1.00. The van der Waals surface area contributed by atoms with Gasteiger partial charge in [-0.2, -0.15) is 0 Å². The van der Waals surface area contributed by atoms with Crippen LogP contribution in [0.15, 0.2) is 0 Å². The number of ether oxygens (including phenoxy) is 1. The molecule has 1 aliphatic heterocycles. The van der Waals surface area contributed by atoms with Gasteiger partial charge in [0.25, 0.3) is 0 Å². The van der Waals surface area contributed by atoms with Gasteiger partial charge in [-0.15, -0.1) is 0 Å². The Balaban J connectivity index is 1.99. The number of nitrogens with one attached hydrogen (secondary N) is 1. The molecule has 0 bridgehead atoms. The summed E-state index contributed by atoms with van der Waals surface area (Å²) >= 11 is 0. The van der Waals surface area contributed by atoms with Gasteiger partial charge in [-0.3, -0.25) is 0 Å². The van der Waals surface area contributed by atoms with Crippen LogP contribution in [-0.4, -0.2) is 50.3 Å². The molecule has 2 rings (SSSR count). The molecule has 3 heteroatoms. The summed E-state index contributed by atoms with van der Waals surface area (Å²) in [6, 6.07) is 0.616. The van der Waals surface area contributed by atoms with E-state index in [4.69, 9.17) is 4.74 Å². The summed E-state index contributed by atoms with van der Waals surface area (Å²) in [5.41, 5.74) is 0.477. The molecule has 0 aromatic carbocycles. The minimum atomic E-state index is 0.400. The van der Waals surface area contributed by atoms with Crippen LogP contribution < -0.4 is 5.32 Å². The van der Waals surface area contributed by atoms with Gasteiger partial charge in [-0.25, -0.2) is 0 Å². The average Bonchev–Trinajstić information content (AvgIpc) is 2.83. The molecule has 0 aromatic heterocycles. The van der Waals surface area contributed by atoms with Crippen molar-refractivity contribution in [2.75, 3.05) is 33.3 Å². The molecule has 1 aliphatic carbocycles. The molecule has 118 valence electrons. The first-order chi connectivity index (χ1) is 9.56. The molecule has 20 heavy (non-hydrogen) atoms. The van der Waals surface area contributed by atoms with Crippen molar-refractivity contribution in [2.24, 2.45) is 11.3 Å². The molecule has 0 amide bonds. The second kappa shape index (κ2) is 7.24. The molecular formula is C17H34N2O. The number of likely N-dealkylation sites (N-methyl/N-ethyl adjacent to an activating group) is 1. The molecule has 2 aliphatic rings. The molecule has 4 atom stereocenters. The maximum absolute atomic E-state index is 5.75. The van der Waals surface area contributed by atoms with E-state index in [2.05, 4.69) is 38.0 Å². The summed E-state index contributed by atoms with van der Waals surface area (Å²) in [7, 11) is 2.31. The molecule has 2 fully saturated rings. The van der Waals surface area contributed by atoms with Crippen LogP contribution >= 0.6 is 0 Å². The van der Waals surface area contributed by atoms with E-state index in [-0.39, 0.29) is 0 Å². The van der Waals surface area contributed by atoms with E-state index in [0.29, 0.717) is 17.6 Å². The minimum absolute atomic E-state index is 0.400. The van der Waals surface area contributed by atoms with E-state index in [9.17, 15) is 0 Å². The van der Waals surface area contributed by atoms with Gasteiger partial charge in [0.2, 0.25) is 0 Å². The molecule has 1 heterocycles. The van der Waals surface area contributed by atoms with Crippen LogP contribution in [-0.2, 0) is 4.74 Å². The Labute approximate surface area is 125 Å². The third-order valence-corrected chi connectivity index (χ3v) is 5.42. The van der Waals surface area contributed by atoms with Crippen molar-refractivity contribution >= 4 is 0 Å². The van der Waals surface area contributed by atoms with E-state index >= 15 is 0 Å². The highest BCUT2D eigenvalue weighted by Gasteiger charge is 2.38. The molecule has 1 N–H and O–H groups in total. The van der Waals surface area contributed by atoms with E-state index in [1.165, 1.54) is 45.2 Å². The number of rotatable bonds is 6. The largest absolute Gasteiger partial charge is 0.377 e. The van der Waals surface area contributed by atoms with Crippen LogP contribution in [0.2, 0.25) is 0 Å². The van der Waals surface area contributed by atoms with Gasteiger partial charge in [0.1, 0.15) is 0 Å². The van der Waals surface area contributed by atoms with Crippen LogP contribution in [0.5, 0.6) is 0 Å². The zero-order chi connectivity index (χ0) is 14.6. The molecule has 1 saturated heterocycles. The van der Waals surface area contributed by atoms with Crippen molar-refractivity contribution in [1.29, 1.82) is 0 Å². The van der Waals surface area contributed by atoms with E-state index in [0.717, 1.165) is 19.1 Å². The first-order valence-electron chi connectivity index (χ1n) is 8.59. The van der Waals surface area contributed by atoms with Crippen molar-refractivity contribution in [3.05, 3.63) is 0 Å². The Kier molecular flexibility index (Phi) is 5.88. The second-order valence-corrected chi connectivity index (χ2v) is 7.33. The summed E-state index contributed by atoms with van der Waals surface area (Å²) in [6.45, 7) is 11.3. The van der Waals surface area contributed by atoms with Gasteiger partial charge in [-0.05, 0) is 51.1 Å². The number of hydrogen-bond donors (Lipinski definition) is 1. The first kappa shape index (κ1) is 16.3. The Hall–Kier alpha value is -0.120. The molecule has 0 spiro atoms. The standard InChI is InChI=1S/C17H34N2O/c1-5-18-12-17(9-6-7-14(2)11-17)13-19(4)16-8-10-20-15(16)3/h14-16,18H,5-13H2,1-4H3. The van der Waals surface area contributed by atoms with Gasteiger partial charge in [0, 0.05) is 25.7 Å². The highest BCUT2D eigenvalue weighted by Crippen LogP contribution is 2.40. The normalized spacial score (nSPS) is 38.5. The summed E-state index contributed by atoms with van der Waals surface area (Å²) in [5, 5.41) is 3.63. The van der Waals surface area contributed by atoms with Crippen LogP contribution in [0.3, 0.4) is 0 Å². The minimum Gasteiger partial charge on any atom is -0.377 e. The van der Waals surface area contributed by atoms with Crippen LogP contribution in [0.1, 0.15) is 52.9 Å². The van der Waals surface area contributed by atoms with Crippen LogP contribution in [0.25, 0.3) is 0 Å². The maximum Gasteiger partial charge on any atom is 0.0702 e. The lowest BCUT2D eigenvalue weighted by molar-refractivity contribution is 0.0416. The lowest BCUT2D eigenvalue weighted by atomic mass is 9.69. The van der Waals surface area contributed by atoms with Crippen molar-refractivity contribution in [2.45, 2.75) is 65.0 Å². The summed E-state index contributed by atoms with van der Waals surface area (Å²) < 4.78 is 5.75. The van der Waals surface area contributed by atoms with Crippen molar-refractivity contribution in [3.63, 3.8) is 0 Å². The first-order valence-corrected chi connectivity index (χ1v) is 8.59. The van der Waals surface area contributed by atoms with E-state index in [1.807, 2.05) is 0 Å².